The van der Waals surface area contributed by atoms with E-state index in [1.807, 2.05) is 0 Å². The van der Waals surface area contributed by atoms with Gasteiger partial charge >= 0.3 is 0 Å². The summed E-state index contributed by atoms with van der Waals surface area (Å²) >= 11 is 0. The number of alkyl halides is 2. The van der Waals surface area contributed by atoms with Gasteiger partial charge in [0.15, 0.2) is 5.03 Å². The highest BCUT2D eigenvalue weighted by molar-refractivity contribution is 8.13. The molecule has 0 saturated heterocycles. The van der Waals surface area contributed by atoms with Gasteiger partial charge in [0.25, 0.3) is 15.5 Å². The van der Waals surface area contributed by atoms with Gasteiger partial charge in [-0.15, -0.1) is 0 Å². The largest absolute Gasteiger partial charge is 0.278 e. The predicted molar refractivity (Wildman–Crippen MR) is 47.0 cm³/mol. The summed E-state index contributed by atoms with van der Waals surface area (Å²) in [5, 5.41) is -0.547. The molecule has 0 bridgehead atoms. The van der Waals surface area contributed by atoms with Crippen LogP contribution in [0.3, 0.4) is 0 Å². The number of aromatic nitrogens is 1. The number of hydrogen-bond acceptors (Lipinski definition) is 3. The molecule has 3 nitrogen and oxygen atoms in total. The summed E-state index contributed by atoms with van der Waals surface area (Å²) in [6.07, 6.45) is -2.74. The third kappa shape index (κ3) is 2.62. The lowest BCUT2D eigenvalue weighted by molar-refractivity contribution is 0.151. The van der Waals surface area contributed by atoms with Gasteiger partial charge < -0.3 is 0 Å². The van der Waals surface area contributed by atoms with E-state index in [0.29, 0.717) is 0 Å². The van der Waals surface area contributed by atoms with E-state index in [1.54, 1.807) is 0 Å². The molecule has 0 radical (unpaired) electrons. The maximum Gasteiger partial charge on any atom is 0.278 e. The summed E-state index contributed by atoms with van der Waals surface area (Å²) in [6.45, 7) is 1.41. The monoisotopic (exact) mass is 241 g/mol. The number of halogens is 3. The number of aryl methyl sites for hydroxylation is 1. The number of rotatable bonds is 2. The highest BCUT2D eigenvalue weighted by Crippen LogP contribution is 2.23. The van der Waals surface area contributed by atoms with Crippen molar-refractivity contribution in [2.75, 3.05) is 0 Å². The van der Waals surface area contributed by atoms with Crippen LogP contribution in [0.1, 0.15) is 17.7 Å². The van der Waals surface area contributed by atoms with Crippen LogP contribution in [0.4, 0.5) is 8.78 Å². The Bertz CT molecular complexity index is 447. The van der Waals surface area contributed by atoms with Crippen molar-refractivity contribution in [3.8, 4) is 0 Å². The average Bonchev–Trinajstić information content (AvgIpc) is 2.01. The normalized spacial score (nSPS) is 12.1. The third-order valence-corrected chi connectivity index (χ3v) is 2.64. The minimum absolute atomic E-state index is 0.182. The van der Waals surface area contributed by atoms with Crippen molar-refractivity contribution < 1.29 is 17.2 Å². The van der Waals surface area contributed by atoms with E-state index in [4.69, 9.17) is 10.7 Å². The number of nitrogens with zero attached hydrogens (tertiary/aromatic N) is 1. The smallest absolute Gasteiger partial charge is 0.240 e. The quantitative estimate of drug-likeness (QED) is 0.746. The van der Waals surface area contributed by atoms with Crippen LogP contribution in [0.2, 0.25) is 0 Å². The lowest BCUT2D eigenvalue weighted by Gasteiger charge is -2.03. The van der Waals surface area contributed by atoms with Crippen LogP contribution in [0.25, 0.3) is 0 Å². The Balaban J connectivity index is 3.35. The van der Waals surface area contributed by atoms with Crippen molar-refractivity contribution in [2.24, 2.45) is 0 Å². The Morgan fingerprint density at radius 2 is 2.00 bits per heavy atom. The Kier molecular flexibility index (Phi) is 3.06. The maximum atomic E-state index is 12.2. The van der Waals surface area contributed by atoms with E-state index in [0.717, 1.165) is 12.1 Å². The molecule has 0 aromatic carbocycles. The Labute approximate surface area is 84.1 Å². The zero-order valence-corrected chi connectivity index (χ0v) is 8.61. The lowest BCUT2D eigenvalue weighted by atomic mass is 10.2. The molecule has 0 aliphatic carbocycles. The molecule has 1 rings (SSSR count). The SMILES string of the molecule is Cc1cc(C(F)F)cc(S(=O)(=O)Cl)n1. The standard InChI is InChI=1S/C7H6ClF2NO2S/c1-4-2-5(7(9)10)3-6(11-4)14(8,12)13/h2-3,7H,1H3. The minimum atomic E-state index is -4.05. The molecule has 0 N–H and O–H groups in total. The zero-order valence-electron chi connectivity index (χ0n) is 7.04. The van der Waals surface area contributed by atoms with Gasteiger partial charge in [-0.1, -0.05) is 0 Å². The van der Waals surface area contributed by atoms with E-state index in [1.165, 1.54) is 6.92 Å². The van der Waals surface area contributed by atoms with Crippen LogP contribution in [0.15, 0.2) is 17.2 Å². The van der Waals surface area contributed by atoms with Crippen LogP contribution >= 0.6 is 10.7 Å². The maximum absolute atomic E-state index is 12.2. The molecule has 0 fully saturated rings. The van der Waals surface area contributed by atoms with Gasteiger partial charge in [-0.05, 0) is 19.1 Å². The van der Waals surface area contributed by atoms with E-state index < -0.39 is 26.1 Å². The van der Waals surface area contributed by atoms with Gasteiger partial charge in [-0.3, -0.25) is 0 Å². The summed E-state index contributed by atoms with van der Waals surface area (Å²) < 4.78 is 46.1. The average molecular weight is 242 g/mol. The van der Waals surface area contributed by atoms with Crippen LogP contribution in [0.5, 0.6) is 0 Å². The van der Waals surface area contributed by atoms with Gasteiger partial charge in [-0.2, -0.15) is 0 Å². The fraction of sp³-hybridized carbons (Fsp3) is 0.286. The molecule has 78 valence electrons. The Hall–Kier alpha value is -0.750. The highest BCUT2D eigenvalue weighted by Gasteiger charge is 2.16. The van der Waals surface area contributed by atoms with Gasteiger partial charge in [0.1, 0.15) is 0 Å². The molecule has 0 aliphatic rings. The van der Waals surface area contributed by atoms with Crippen LogP contribution in [-0.2, 0) is 9.05 Å². The first-order chi connectivity index (χ1) is 6.30. The fourth-order valence-corrected chi connectivity index (χ4v) is 1.68. The molecule has 0 spiro atoms. The summed E-state index contributed by atoms with van der Waals surface area (Å²) in [7, 11) is 0.918. The summed E-state index contributed by atoms with van der Waals surface area (Å²) in [6, 6.07) is 1.87. The van der Waals surface area contributed by atoms with Gasteiger partial charge in [0.05, 0.1) is 0 Å². The van der Waals surface area contributed by atoms with E-state index in [-0.39, 0.29) is 5.69 Å². The molecule has 1 aromatic heterocycles. The first-order valence-electron chi connectivity index (χ1n) is 3.52. The van der Waals surface area contributed by atoms with Crippen LogP contribution < -0.4 is 0 Å². The molecule has 7 heteroatoms. The molecule has 0 saturated carbocycles. The molecule has 0 unspecified atom stereocenters. The zero-order chi connectivity index (χ0) is 10.9. The van der Waals surface area contributed by atoms with E-state index in [2.05, 4.69) is 4.98 Å². The first kappa shape index (κ1) is 11.3. The summed E-state index contributed by atoms with van der Waals surface area (Å²) in [4.78, 5) is 3.53. The van der Waals surface area contributed by atoms with Crippen LogP contribution in [0, 0.1) is 6.92 Å². The first-order valence-corrected chi connectivity index (χ1v) is 5.83. The summed E-state index contributed by atoms with van der Waals surface area (Å²) in [5.74, 6) is 0. The fourth-order valence-electron chi connectivity index (χ4n) is 0.915. The molecule has 0 atom stereocenters. The van der Waals surface area contributed by atoms with Crippen LogP contribution in [-0.4, -0.2) is 13.4 Å². The van der Waals surface area contributed by atoms with Crippen molar-refractivity contribution in [3.05, 3.63) is 23.4 Å². The molecule has 1 heterocycles. The molecule has 14 heavy (non-hydrogen) atoms. The molecular weight excluding hydrogens is 236 g/mol. The van der Waals surface area contributed by atoms with Gasteiger partial charge in [0.2, 0.25) is 0 Å². The topological polar surface area (TPSA) is 47.0 Å². The number of hydrogen-bond donors (Lipinski definition) is 0. The van der Waals surface area contributed by atoms with Gasteiger partial charge in [-0.25, -0.2) is 22.2 Å². The molecular formula is C7H6ClF2NO2S. The third-order valence-electron chi connectivity index (χ3n) is 1.45. The van der Waals surface area contributed by atoms with Crippen molar-refractivity contribution >= 4 is 19.7 Å². The van der Waals surface area contributed by atoms with Gasteiger partial charge in [0, 0.05) is 21.9 Å². The Morgan fingerprint density at radius 1 is 1.43 bits per heavy atom. The Morgan fingerprint density at radius 3 is 2.43 bits per heavy atom. The minimum Gasteiger partial charge on any atom is -0.240 e. The molecule has 1 aromatic rings. The second-order valence-electron chi connectivity index (χ2n) is 2.62. The molecule has 0 amide bonds. The summed E-state index contributed by atoms with van der Waals surface area (Å²) in [5.41, 5.74) is -0.223. The van der Waals surface area contributed by atoms with Crippen molar-refractivity contribution in [3.63, 3.8) is 0 Å². The number of pyridine rings is 1. The molecule has 0 aliphatic heterocycles. The van der Waals surface area contributed by atoms with E-state index in [9.17, 15) is 17.2 Å². The van der Waals surface area contributed by atoms with Crippen molar-refractivity contribution in [2.45, 2.75) is 18.4 Å². The second-order valence-corrected chi connectivity index (χ2v) is 5.13. The highest BCUT2D eigenvalue weighted by atomic mass is 35.7. The van der Waals surface area contributed by atoms with Crippen molar-refractivity contribution in [1.82, 2.24) is 4.98 Å². The van der Waals surface area contributed by atoms with Crippen molar-refractivity contribution in [1.29, 1.82) is 0 Å². The lowest BCUT2D eigenvalue weighted by Crippen LogP contribution is -1.99. The second kappa shape index (κ2) is 3.78. The predicted octanol–water partition coefficient (Wildman–Crippen LogP) is 2.26. The van der Waals surface area contributed by atoms with E-state index >= 15 is 0 Å².